The summed E-state index contributed by atoms with van der Waals surface area (Å²) in [4.78, 5) is 43.7. The number of anilines is 2. The molecule has 0 unspecified atom stereocenters. The molecule has 0 spiro atoms. The Balaban J connectivity index is 1.40. The molecule has 39 heavy (non-hydrogen) atoms. The fourth-order valence-corrected chi connectivity index (χ4v) is 4.76. The maximum Gasteiger partial charge on any atom is 0.339 e. The maximum absolute atomic E-state index is 13.9. The second kappa shape index (κ2) is 9.80. The highest BCUT2D eigenvalue weighted by atomic mass is 16.2. The predicted octanol–water partition coefficient (Wildman–Crippen LogP) is 3.32. The molecule has 3 heterocycles. The number of likely N-dealkylation sites (N-methyl/N-ethyl adjacent to an activating group) is 2. The number of rotatable bonds is 7. The largest absolute Gasteiger partial charge is 0.382 e. The summed E-state index contributed by atoms with van der Waals surface area (Å²) in [5, 5.41) is 0.886. The van der Waals surface area contributed by atoms with E-state index in [1.165, 1.54) is 28.3 Å². The minimum atomic E-state index is -0.372. The molecule has 5 aromatic rings. The number of carbonyl (C=O) groups is 1. The molecule has 1 fully saturated rings. The molecule has 6 rings (SSSR count). The van der Waals surface area contributed by atoms with E-state index in [2.05, 4.69) is 26.9 Å². The van der Waals surface area contributed by atoms with Crippen molar-refractivity contribution in [2.24, 2.45) is 0 Å². The second-order valence-electron chi connectivity index (χ2n) is 9.76. The highest BCUT2D eigenvalue weighted by Gasteiger charge is 2.25. The standard InChI is InChI=1S/C29H28N8O2/c1-34(20-12-13-20)14-6-11-25(38)35(2)21-8-5-9-22(16-21)37-28-26(27(30)32-18-33-28)36(29(37)39)23-15-19-7-3-4-10-24(19)31-17-23/h3-11,15-18,20H,12-14H2,1-2H3,(H2,30,32,33)/b11-6+. The van der Waals surface area contributed by atoms with Gasteiger partial charge in [-0.05, 0) is 50.2 Å². The van der Waals surface area contributed by atoms with Crippen molar-refractivity contribution in [3.05, 3.63) is 89.8 Å². The first-order valence-electron chi connectivity index (χ1n) is 12.8. The van der Waals surface area contributed by atoms with E-state index in [9.17, 15) is 9.59 Å². The molecule has 1 aliphatic carbocycles. The Morgan fingerprint density at radius 1 is 1.03 bits per heavy atom. The van der Waals surface area contributed by atoms with Crippen LogP contribution in [0.2, 0.25) is 0 Å². The van der Waals surface area contributed by atoms with Gasteiger partial charge in [0.1, 0.15) is 11.8 Å². The van der Waals surface area contributed by atoms with E-state index in [1.807, 2.05) is 42.5 Å². The van der Waals surface area contributed by atoms with Crippen molar-refractivity contribution in [3.63, 3.8) is 0 Å². The van der Waals surface area contributed by atoms with Crippen molar-refractivity contribution in [1.82, 2.24) is 29.0 Å². The summed E-state index contributed by atoms with van der Waals surface area (Å²) in [5.41, 5.74) is 9.19. The zero-order valence-corrected chi connectivity index (χ0v) is 21.7. The number of carbonyl (C=O) groups excluding carboxylic acids is 1. The number of aromatic nitrogens is 5. The average Bonchev–Trinajstić information content (AvgIpc) is 3.76. The number of amides is 1. The normalized spacial score (nSPS) is 13.6. The van der Waals surface area contributed by atoms with Crippen molar-refractivity contribution in [3.8, 4) is 11.4 Å². The summed E-state index contributed by atoms with van der Waals surface area (Å²) in [6, 6.07) is 17.4. The Morgan fingerprint density at radius 2 is 1.85 bits per heavy atom. The van der Waals surface area contributed by atoms with Crippen molar-refractivity contribution in [2.45, 2.75) is 18.9 Å². The first-order chi connectivity index (χ1) is 18.9. The lowest BCUT2D eigenvalue weighted by molar-refractivity contribution is -0.113. The van der Waals surface area contributed by atoms with Crippen molar-refractivity contribution in [1.29, 1.82) is 0 Å². The van der Waals surface area contributed by atoms with Crippen LogP contribution < -0.4 is 16.3 Å². The van der Waals surface area contributed by atoms with Gasteiger partial charge in [0.2, 0.25) is 5.91 Å². The van der Waals surface area contributed by atoms with E-state index in [4.69, 9.17) is 5.73 Å². The molecular weight excluding hydrogens is 492 g/mol. The number of nitrogens with zero attached hydrogens (tertiary/aromatic N) is 7. The number of imidazole rings is 1. The lowest BCUT2D eigenvalue weighted by Gasteiger charge is -2.17. The molecule has 3 aromatic heterocycles. The Labute approximate surface area is 224 Å². The quantitative estimate of drug-likeness (QED) is 0.327. The third kappa shape index (κ3) is 4.55. The van der Waals surface area contributed by atoms with E-state index >= 15 is 0 Å². The lowest BCUT2D eigenvalue weighted by atomic mass is 10.2. The molecule has 196 valence electrons. The average molecular weight is 521 g/mol. The van der Waals surface area contributed by atoms with Crippen LogP contribution in [-0.2, 0) is 4.79 Å². The topological polar surface area (TPSA) is 115 Å². The van der Waals surface area contributed by atoms with E-state index in [1.54, 1.807) is 42.4 Å². The maximum atomic E-state index is 13.9. The lowest BCUT2D eigenvalue weighted by Crippen LogP contribution is -2.26. The Morgan fingerprint density at radius 3 is 2.67 bits per heavy atom. The van der Waals surface area contributed by atoms with Gasteiger partial charge >= 0.3 is 5.69 Å². The zero-order valence-electron chi connectivity index (χ0n) is 21.7. The van der Waals surface area contributed by atoms with Gasteiger partial charge in [-0.1, -0.05) is 30.3 Å². The summed E-state index contributed by atoms with van der Waals surface area (Å²) < 4.78 is 2.95. The van der Waals surface area contributed by atoms with Crippen LogP contribution >= 0.6 is 0 Å². The molecule has 1 saturated carbocycles. The van der Waals surface area contributed by atoms with Gasteiger partial charge in [-0.25, -0.2) is 19.3 Å². The van der Waals surface area contributed by atoms with Gasteiger partial charge in [-0.15, -0.1) is 0 Å². The number of fused-ring (bicyclic) bond motifs is 2. The summed E-state index contributed by atoms with van der Waals surface area (Å²) in [5.74, 6) is 0.0219. The van der Waals surface area contributed by atoms with Crippen LogP contribution in [0.15, 0.2) is 84.1 Å². The molecule has 0 saturated heterocycles. The third-order valence-electron chi connectivity index (χ3n) is 7.11. The molecule has 10 nitrogen and oxygen atoms in total. The van der Waals surface area contributed by atoms with Crippen LogP contribution in [0, 0.1) is 0 Å². The molecule has 10 heteroatoms. The molecular formula is C29H28N8O2. The van der Waals surface area contributed by atoms with E-state index in [0.717, 1.165) is 17.4 Å². The third-order valence-corrected chi connectivity index (χ3v) is 7.11. The molecule has 0 atom stereocenters. The first-order valence-corrected chi connectivity index (χ1v) is 12.8. The molecule has 0 aliphatic heterocycles. The number of hydrogen-bond acceptors (Lipinski definition) is 7. The number of nitrogen functional groups attached to an aromatic ring is 1. The van der Waals surface area contributed by atoms with Crippen LogP contribution in [0.1, 0.15) is 12.8 Å². The first kappa shape index (κ1) is 24.5. The van der Waals surface area contributed by atoms with E-state index in [0.29, 0.717) is 34.3 Å². The number of benzene rings is 2. The number of para-hydroxylation sites is 1. The van der Waals surface area contributed by atoms with E-state index in [-0.39, 0.29) is 17.4 Å². The minimum Gasteiger partial charge on any atom is -0.382 e. The van der Waals surface area contributed by atoms with Gasteiger partial charge in [0.25, 0.3) is 0 Å². The van der Waals surface area contributed by atoms with Crippen LogP contribution in [0.5, 0.6) is 0 Å². The molecule has 0 radical (unpaired) electrons. The predicted molar refractivity (Wildman–Crippen MR) is 152 cm³/mol. The highest BCUT2D eigenvalue weighted by Crippen LogP contribution is 2.26. The second-order valence-corrected chi connectivity index (χ2v) is 9.76. The SMILES string of the molecule is CN(C(=O)/C=C/CN(C)C1CC1)c1cccc(-n2c(=O)n(-c3cnc4ccccc4c3)c3c(N)ncnc32)c1. The molecule has 0 bridgehead atoms. The van der Waals surface area contributed by atoms with Crippen LogP contribution in [0.4, 0.5) is 11.5 Å². The van der Waals surface area contributed by atoms with E-state index < -0.39 is 0 Å². The molecule has 1 amide bonds. The van der Waals surface area contributed by atoms with Crippen molar-refractivity contribution < 1.29 is 4.79 Å². The van der Waals surface area contributed by atoms with Gasteiger partial charge < -0.3 is 10.6 Å². The number of hydrogen-bond donors (Lipinski definition) is 1. The smallest absolute Gasteiger partial charge is 0.339 e. The summed E-state index contributed by atoms with van der Waals surface area (Å²) >= 11 is 0. The summed E-state index contributed by atoms with van der Waals surface area (Å²) in [6.07, 6.45) is 8.87. The van der Waals surface area contributed by atoms with Gasteiger partial charge in [0, 0.05) is 36.8 Å². The van der Waals surface area contributed by atoms with Crippen LogP contribution in [-0.4, -0.2) is 61.6 Å². The van der Waals surface area contributed by atoms with Gasteiger partial charge in [0.15, 0.2) is 11.5 Å². The number of nitrogens with two attached hydrogens (primary N) is 1. The number of pyridine rings is 1. The van der Waals surface area contributed by atoms with Crippen molar-refractivity contribution >= 4 is 39.5 Å². The monoisotopic (exact) mass is 520 g/mol. The summed E-state index contributed by atoms with van der Waals surface area (Å²) in [7, 11) is 3.78. The van der Waals surface area contributed by atoms with Crippen LogP contribution in [0.25, 0.3) is 33.4 Å². The fraction of sp³-hybridized carbons (Fsp3) is 0.207. The minimum absolute atomic E-state index is 0.153. The molecule has 2 aromatic carbocycles. The molecule has 1 aliphatic rings. The van der Waals surface area contributed by atoms with Gasteiger partial charge in [-0.3, -0.25) is 19.2 Å². The Hall–Kier alpha value is -4.83. The summed E-state index contributed by atoms with van der Waals surface area (Å²) in [6.45, 7) is 0.726. The van der Waals surface area contributed by atoms with Crippen molar-refractivity contribution in [2.75, 3.05) is 31.3 Å². The van der Waals surface area contributed by atoms with Gasteiger partial charge in [-0.2, -0.15) is 0 Å². The Bertz CT molecular complexity index is 1800. The Kier molecular flexibility index (Phi) is 6.16. The fourth-order valence-electron chi connectivity index (χ4n) is 4.76. The van der Waals surface area contributed by atoms with Gasteiger partial charge in [0.05, 0.1) is 23.1 Å². The molecule has 2 N–H and O–H groups in total. The zero-order chi connectivity index (χ0) is 27.1. The highest BCUT2D eigenvalue weighted by molar-refractivity contribution is 6.01. The van der Waals surface area contributed by atoms with Crippen LogP contribution in [0.3, 0.4) is 0 Å².